The maximum Gasteiger partial charge on any atom is 0.317 e. The predicted octanol–water partition coefficient (Wildman–Crippen LogP) is 2.32. The SMILES string of the molecule is CC(CNC(=O)N1CCC(Nc2cccnn2)CC1)c1nccs1. The van der Waals surface area contributed by atoms with Crippen LogP contribution in [0.2, 0.25) is 0 Å². The first-order chi connectivity index (χ1) is 11.7. The molecule has 0 bridgehead atoms. The second kappa shape index (κ2) is 8.05. The maximum absolute atomic E-state index is 12.3. The van der Waals surface area contributed by atoms with Gasteiger partial charge in [-0.2, -0.15) is 5.10 Å². The molecule has 0 spiro atoms. The molecule has 8 heteroatoms. The Hall–Kier alpha value is -2.22. The lowest BCUT2D eigenvalue weighted by atomic mass is 10.1. The average molecular weight is 346 g/mol. The molecule has 0 radical (unpaired) electrons. The monoisotopic (exact) mass is 346 g/mol. The highest BCUT2D eigenvalue weighted by atomic mass is 32.1. The number of piperidine rings is 1. The van der Waals surface area contributed by atoms with Crippen molar-refractivity contribution in [1.29, 1.82) is 0 Å². The van der Waals surface area contributed by atoms with Gasteiger partial charge in [-0.1, -0.05) is 6.92 Å². The zero-order valence-corrected chi connectivity index (χ0v) is 14.5. The largest absolute Gasteiger partial charge is 0.366 e. The van der Waals surface area contributed by atoms with Gasteiger partial charge in [0.25, 0.3) is 0 Å². The molecule has 1 unspecified atom stereocenters. The van der Waals surface area contributed by atoms with E-state index in [4.69, 9.17) is 0 Å². The Morgan fingerprint density at radius 2 is 2.25 bits per heavy atom. The molecule has 2 N–H and O–H groups in total. The van der Waals surface area contributed by atoms with E-state index in [0.717, 1.165) is 36.8 Å². The average Bonchev–Trinajstić information content (AvgIpc) is 3.16. The second-order valence-electron chi connectivity index (χ2n) is 5.97. The van der Waals surface area contributed by atoms with E-state index in [-0.39, 0.29) is 11.9 Å². The highest BCUT2D eigenvalue weighted by Crippen LogP contribution is 2.17. The van der Waals surface area contributed by atoms with Crippen molar-refractivity contribution in [2.24, 2.45) is 0 Å². The molecule has 2 aromatic heterocycles. The van der Waals surface area contributed by atoms with Gasteiger partial charge >= 0.3 is 6.03 Å². The van der Waals surface area contributed by atoms with Crippen molar-refractivity contribution < 1.29 is 4.79 Å². The summed E-state index contributed by atoms with van der Waals surface area (Å²) in [6.45, 7) is 4.19. The van der Waals surface area contributed by atoms with E-state index in [1.54, 1.807) is 23.7 Å². The minimum Gasteiger partial charge on any atom is -0.366 e. The lowest BCUT2D eigenvalue weighted by Crippen LogP contribution is -2.47. The highest BCUT2D eigenvalue weighted by Gasteiger charge is 2.23. The zero-order chi connectivity index (χ0) is 16.8. The molecule has 128 valence electrons. The molecule has 0 aliphatic carbocycles. The summed E-state index contributed by atoms with van der Waals surface area (Å²) in [4.78, 5) is 18.5. The molecule has 3 rings (SSSR count). The summed E-state index contributed by atoms with van der Waals surface area (Å²) in [6, 6.07) is 4.12. The van der Waals surface area contributed by atoms with E-state index in [9.17, 15) is 4.79 Å². The van der Waals surface area contributed by atoms with Crippen LogP contribution in [0.5, 0.6) is 0 Å². The van der Waals surface area contributed by atoms with E-state index < -0.39 is 0 Å². The predicted molar refractivity (Wildman–Crippen MR) is 94.2 cm³/mol. The number of nitrogens with zero attached hydrogens (tertiary/aromatic N) is 4. The molecule has 1 aliphatic rings. The molecule has 1 fully saturated rings. The lowest BCUT2D eigenvalue weighted by Gasteiger charge is -2.32. The first kappa shape index (κ1) is 16.6. The number of urea groups is 1. The van der Waals surface area contributed by atoms with Gasteiger partial charge in [-0.3, -0.25) is 0 Å². The van der Waals surface area contributed by atoms with E-state index in [1.165, 1.54) is 0 Å². The lowest BCUT2D eigenvalue weighted by molar-refractivity contribution is 0.183. The summed E-state index contributed by atoms with van der Waals surface area (Å²) in [7, 11) is 0. The van der Waals surface area contributed by atoms with E-state index >= 15 is 0 Å². The van der Waals surface area contributed by atoms with Crippen LogP contribution in [0.4, 0.5) is 10.6 Å². The number of nitrogens with one attached hydrogen (secondary N) is 2. The molecular formula is C16H22N6OS. The van der Waals surface area contributed by atoms with Gasteiger partial charge in [-0.25, -0.2) is 9.78 Å². The summed E-state index contributed by atoms with van der Waals surface area (Å²) >= 11 is 1.62. The van der Waals surface area contributed by atoms with Crippen molar-refractivity contribution in [2.75, 3.05) is 25.0 Å². The Kier molecular flexibility index (Phi) is 5.58. The first-order valence-electron chi connectivity index (χ1n) is 8.19. The van der Waals surface area contributed by atoms with Gasteiger partial charge in [-0.05, 0) is 25.0 Å². The van der Waals surface area contributed by atoms with Crippen LogP contribution in [0.15, 0.2) is 29.9 Å². The van der Waals surface area contributed by atoms with Gasteiger partial charge in [0.2, 0.25) is 0 Å². The van der Waals surface area contributed by atoms with Crippen LogP contribution in [0, 0.1) is 0 Å². The van der Waals surface area contributed by atoms with Crippen LogP contribution >= 0.6 is 11.3 Å². The molecule has 0 aromatic carbocycles. The molecule has 0 saturated carbocycles. The van der Waals surface area contributed by atoms with Gasteiger partial charge in [0.05, 0.1) is 5.01 Å². The second-order valence-corrected chi connectivity index (χ2v) is 6.90. The third kappa shape index (κ3) is 4.41. The number of aromatic nitrogens is 3. The summed E-state index contributed by atoms with van der Waals surface area (Å²) in [6.07, 6.45) is 5.27. The van der Waals surface area contributed by atoms with Gasteiger partial charge in [0, 0.05) is 49.4 Å². The number of carbonyl (C=O) groups is 1. The van der Waals surface area contributed by atoms with Crippen LogP contribution in [0.1, 0.15) is 30.7 Å². The zero-order valence-electron chi connectivity index (χ0n) is 13.7. The van der Waals surface area contributed by atoms with Crippen molar-refractivity contribution in [3.8, 4) is 0 Å². The number of likely N-dealkylation sites (tertiary alicyclic amines) is 1. The summed E-state index contributed by atoms with van der Waals surface area (Å²) < 4.78 is 0. The minimum atomic E-state index is 0.0105. The Bertz CT molecular complexity index is 627. The Morgan fingerprint density at radius 1 is 1.42 bits per heavy atom. The smallest absolute Gasteiger partial charge is 0.317 e. The summed E-state index contributed by atoms with van der Waals surface area (Å²) in [5.41, 5.74) is 0. The minimum absolute atomic E-state index is 0.0105. The maximum atomic E-state index is 12.3. The number of carbonyl (C=O) groups excluding carboxylic acids is 1. The Morgan fingerprint density at radius 3 is 2.92 bits per heavy atom. The van der Waals surface area contributed by atoms with Gasteiger partial charge in [0.1, 0.15) is 5.82 Å². The molecular weight excluding hydrogens is 324 g/mol. The fourth-order valence-corrected chi connectivity index (χ4v) is 3.43. The summed E-state index contributed by atoms with van der Waals surface area (Å²) in [5.74, 6) is 1.03. The molecule has 2 aromatic rings. The van der Waals surface area contributed by atoms with Crippen LogP contribution in [0.3, 0.4) is 0 Å². The molecule has 1 atom stereocenters. The number of anilines is 1. The highest BCUT2D eigenvalue weighted by molar-refractivity contribution is 7.09. The van der Waals surface area contributed by atoms with Crippen molar-refractivity contribution in [3.63, 3.8) is 0 Å². The molecule has 24 heavy (non-hydrogen) atoms. The Labute approximate surface area is 145 Å². The van der Waals surface area contributed by atoms with Crippen molar-refractivity contribution >= 4 is 23.2 Å². The standard InChI is InChI=1S/C16H22N6OS/c1-12(15-17-7-10-24-15)11-18-16(23)22-8-4-13(5-9-22)20-14-3-2-6-19-21-14/h2-3,6-7,10,12-13H,4-5,8-9,11H2,1H3,(H,18,23)(H,20,21). The molecule has 1 saturated heterocycles. The number of hydrogen-bond donors (Lipinski definition) is 2. The molecule has 2 amide bonds. The number of hydrogen-bond acceptors (Lipinski definition) is 6. The van der Waals surface area contributed by atoms with Crippen LogP contribution < -0.4 is 10.6 Å². The van der Waals surface area contributed by atoms with Gasteiger partial charge < -0.3 is 15.5 Å². The number of amides is 2. The Balaban J connectivity index is 1.40. The van der Waals surface area contributed by atoms with E-state index in [0.29, 0.717) is 12.6 Å². The quantitative estimate of drug-likeness (QED) is 0.868. The van der Waals surface area contributed by atoms with E-state index in [2.05, 4.69) is 32.7 Å². The number of thiazole rings is 1. The van der Waals surface area contributed by atoms with E-state index in [1.807, 2.05) is 22.4 Å². The molecule has 7 nitrogen and oxygen atoms in total. The topological polar surface area (TPSA) is 83.0 Å². The fourth-order valence-electron chi connectivity index (χ4n) is 2.73. The normalized spacial score (nSPS) is 16.6. The third-order valence-corrected chi connectivity index (χ3v) is 5.15. The van der Waals surface area contributed by atoms with Crippen LogP contribution in [-0.2, 0) is 0 Å². The van der Waals surface area contributed by atoms with Crippen molar-refractivity contribution in [1.82, 2.24) is 25.4 Å². The molecule has 1 aliphatic heterocycles. The number of rotatable bonds is 5. The van der Waals surface area contributed by atoms with Crippen molar-refractivity contribution in [2.45, 2.75) is 31.7 Å². The first-order valence-corrected chi connectivity index (χ1v) is 9.06. The van der Waals surface area contributed by atoms with Gasteiger partial charge in [0.15, 0.2) is 0 Å². The third-order valence-electron chi connectivity index (χ3n) is 4.14. The molecule has 3 heterocycles. The van der Waals surface area contributed by atoms with Gasteiger partial charge in [-0.15, -0.1) is 16.4 Å². The van der Waals surface area contributed by atoms with Crippen LogP contribution in [0.25, 0.3) is 0 Å². The van der Waals surface area contributed by atoms with Crippen LogP contribution in [-0.4, -0.2) is 51.8 Å². The fraction of sp³-hybridized carbons (Fsp3) is 0.500. The summed E-state index contributed by atoms with van der Waals surface area (Å²) in [5, 5.41) is 17.3. The van der Waals surface area contributed by atoms with Crippen molar-refractivity contribution in [3.05, 3.63) is 34.9 Å².